The third-order valence-corrected chi connectivity index (χ3v) is 4.28. The van der Waals surface area contributed by atoms with Crippen LogP contribution < -0.4 is 10.1 Å². The predicted octanol–water partition coefficient (Wildman–Crippen LogP) is 3.53. The molecule has 0 saturated carbocycles. The molecule has 1 heterocycles. The average Bonchev–Trinajstić information content (AvgIpc) is 2.56. The zero-order valence-corrected chi connectivity index (χ0v) is 13.5. The fourth-order valence-electron chi connectivity index (χ4n) is 3.12. The smallest absolute Gasteiger partial charge is 0.126 e. The Labute approximate surface area is 133 Å². The van der Waals surface area contributed by atoms with Gasteiger partial charge in [-0.05, 0) is 25.3 Å². The Balaban J connectivity index is 2.16. The molecule has 1 aromatic carbocycles. The summed E-state index contributed by atoms with van der Waals surface area (Å²) in [6.45, 7) is 7.84. The second-order valence-electron chi connectivity index (χ2n) is 5.76. The monoisotopic (exact) mass is 306 g/mol. The molecular weight excluding hydrogens is 279 g/mol. The standard InChI is InChI=1S/C18H27FN2O/c1-3-4-5-6-7-17(21-12-10-20-11-13-21)16-9-8-15(19)14-18(16)22-2/h3,8-9,14,17,20H,1,4-7,10-13H2,2H3/t17-/m1/s1. The number of ether oxygens (including phenoxy) is 1. The zero-order chi connectivity index (χ0) is 15.8. The number of hydrogen-bond acceptors (Lipinski definition) is 3. The summed E-state index contributed by atoms with van der Waals surface area (Å²) in [7, 11) is 1.62. The topological polar surface area (TPSA) is 24.5 Å². The van der Waals surface area contributed by atoms with Crippen LogP contribution in [0.1, 0.15) is 37.3 Å². The van der Waals surface area contributed by atoms with Crippen molar-refractivity contribution in [3.8, 4) is 5.75 Å². The first-order valence-corrected chi connectivity index (χ1v) is 8.15. The van der Waals surface area contributed by atoms with Crippen molar-refractivity contribution >= 4 is 0 Å². The summed E-state index contributed by atoms with van der Waals surface area (Å²) >= 11 is 0. The number of nitrogens with zero attached hydrogens (tertiary/aromatic N) is 1. The first kappa shape index (κ1) is 17.0. The first-order chi connectivity index (χ1) is 10.8. The molecule has 0 radical (unpaired) electrons. The molecule has 1 saturated heterocycles. The molecule has 0 spiro atoms. The van der Waals surface area contributed by atoms with Crippen LogP contribution in [-0.2, 0) is 0 Å². The molecule has 0 aliphatic carbocycles. The Bertz CT molecular complexity index is 472. The molecule has 1 aliphatic rings. The van der Waals surface area contributed by atoms with Gasteiger partial charge in [0.1, 0.15) is 11.6 Å². The molecule has 122 valence electrons. The van der Waals surface area contributed by atoms with Gasteiger partial charge in [-0.2, -0.15) is 0 Å². The van der Waals surface area contributed by atoms with E-state index in [9.17, 15) is 4.39 Å². The van der Waals surface area contributed by atoms with Crippen molar-refractivity contribution in [2.45, 2.75) is 31.7 Å². The predicted molar refractivity (Wildman–Crippen MR) is 88.8 cm³/mol. The summed E-state index contributed by atoms with van der Waals surface area (Å²) in [4.78, 5) is 2.49. The lowest BCUT2D eigenvalue weighted by atomic mass is 9.97. The fourth-order valence-corrected chi connectivity index (χ4v) is 3.12. The van der Waals surface area contributed by atoms with Crippen LogP contribution in [0.15, 0.2) is 30.9 Å². The Morgan fingerprint density at radius 3 is 2.82 bits per heavy atom. The molecule has 22 heavy (non-hydrogen) atoms. The van der Waals surface area contributed by atoms with Crippen LogP contribution in [0.3, 0.4) is 0 Å². The number of hydrogen-bond donors (Lipinski definition) is 1. The highest BCUT2D eigenvalue weighted by Gasteiger charge is 2.24. The molecule has 0 aromatic heterocycles. The number of nitrogens with one attached hydrogen (secondary N) is 1. The first-order valence-electron chi connectivity index (χ1n) is 8.15. The summed E-state index contributed by atoms with van der Waals surface area (Å²) in [5.74, 6) is 0.415. The number of piperazine rings is 1. The van der Waals surface area contributed by atoms with Crippen LogP contribution in [-0.4, -0.2) is 38.2 Å². The van der Waals surface area contributed by atoms with Crippen LogP contribution in [0.2, 0.25) is 0 Å². The van der Waals surface area contributed by atoms with E-state index in [0.717, 1.165) is 57.4 Å². The highest BCUT2D eigenvalue weighted by molar-refractivity contribution is 5.36. The summed E-state index contributed by atoms with van der Waals surface area (Å²) in [6, 6.07) is 5.21. The van der Waals surface area contributed by atoms with E-state index in [4.69, 9.17) is 4.74 Å². The third-order valence-electron chi connectivity index (χ3n) is 4.28. The van der Waals surface area contributed by atoms with E-state index in [0.29, 0.717) is 11.8 Å². The molecule has 1 atom stereocenters. The van der Waals surface area contributed by atoms with Crippen molar-refractivity contribution in [2.75, 3.05) is 33.3 Å². The van der Waals surface area contributed by atoms with E-state index in [2.05, 4.69) is 16.8 Å². The van der Waals surface area contributed by atoms with Crippen LogP contribution in [0, 0.1) is 5.82 Å². The number of allylic oxidation sites excluding steroid dienone is 1. The van der Waals surface area contributed by atoms with E-state index in [-0.39, 0.29) is 5.82 Å². The van der Waals surface area contributed by atoms with E-state index in [1.54, 1.807) is 7.11 Å². The minimum absolute atomic E-state index is 0.244. The summed E-state index contributed by atoms with van der Waals surface area (Å²) in [6.07, 6.45) is 6.37. The molecule has 1 fully saturated rings. The van der Waals surface area contributed by atoms with Gasteiger partial charge in [-0.15, -0.1) is 6.58 Å². The van der Waals surface area contributed by atoms with Gasteiger partial charge >= 0.3 is 0 Å². The van der Waals surface area contributed by atoms with Crippen LogP contribution in [0.4, 0.5) is 4.39 Å². The molecule has 0 unspecified atom stereocenters. The second-order valence-corrected chi connectivity index (χ2v) is 5.76. The lowest BCUT2D eigenvalue weighted by molar-refractivity contribution is 0.160. The summed E-state index contributed by atoms with van der Waals surface area (Å²) in [5.41, 5.74) is 1.10. The molecular formula is C18H27FN2O. The van der Waals surface area contributed by atoms with Crippen molar-refractivity contribution in [1.82, 2.24) is 10.2 Å². The highest BCUT2D eigenvalue weighted by Crippen LogP contribution is 2.34. The maximum absolute atomic E-state index is 13.5. The van der Waals surface area contributed by atoms with Crippen molar-refractivity contribution in [3.63, 3.8) is 0 Å². The number of rotatable bonds is 8. The van der Waals surface area contributed by atoms with Gasteiger partial charge in [-0.25, -0.2) is 4.39 Å². The zero-order valence-electron chi connectivity index (χ0n) is 13.5. The Hall–Kier alpha value is -1.39. The van der Waals surface area contributed by atoms with E-state index in [1.807, 2.05) is 12.1 Å². The van der Waals surface area contributed by atoms with E-state index in [1.165, 1.54) is 12.1 Å². The van der Waals surface area contributed by atoms with Gasteiger partial charge in [0.25, 0.3) is 0 Å². The van der Waals surface area contributed by atoms with Gasteiger partial charge in [-0.1, -0.05) is 18.6 Å². The van der Waals surface area contributed by atoms with Gasteiger partial charge in [0, 0.05) is 43.9 Å². The summed E-state index contributed by atoms with van der Waals surface area (Å²) in [5, 5.41) is 3.39. The number of methoxy groups -OCH3 is 1. The molecule has 4 heteroatoms. The van der Waals surface area contributed by atoms with Gasteiger partial charge in [-0.3, -0.25) is 4.90 Å². The lowest BCUT2D eigenvalue weighted by Crippen LogP contribution is -2.45. The summed E-state index contributed by atoms with van der Waals surface area (Å²) < 4.78 is 18.9. The number of unbranched alkanes of at least 4 members (excludes halogenated alkanes) is 2. The molecule has 3 nitrogen and oxygen atoms in total. The van der Waals surface area contributed by atoms with Crippen molar-refractivity contribution in [2.24, 2.45) is 0 Å². The average molecular weight is 306 g/mol. The molecule has 1 aliphatic heterocycles. The normalized spacial score (nSPS) is 17.2. The maximum atomic E-state index is 13.5. The Morgan fingerprint density at radius 2 is 2.14 bits per heavy atom. The fraction of sp³-hybridized carbons (Fsp3) is 0.556. The Kier molecular flexibility index (Phi) is 6.87. The lowest BCUT2D eigenvalue weighted by Gasteiger charge is -2.36. The maximum Gasteiger partial charge on any atom is 0.126 e. The van der Waals surface area contributed by atoms with Gasteiger partial charge < -0.3 is 10.1 Å². The Morgan fingerprint density at radius 1 is 1.36 bits per heavy atom. The van der Waals surface area contributed by atoms with Gasteiger partial charge in [0.15, 0.2) is 0 Å². The largest absolute Gasteiger partial charge is 0.496 e. The highest BCUT2D eigenvalue weighted by atomic mass is 19.1. The SMILES string of the molecule is C=CCCCC[C@H](c1ccc(F)cc1OC)N1CCNCC1. The van der Waals surface area contributed by atoms with Gasteiger partial charge in [0.05, 0.1) is 7.11 Å². The minimum Gasteiger partial charge on any atom is -0.496 e. The minimum atomic E-state index is -0.244. The third kappa shape index (κ3) is 4.55. The molecule has 0 amide bonds. The molecule has 2 rings (SSSR count). The van der Waals surface area contributed by atoms with E-state index < -0.39 is 0 Å². The second kappa shape index (κ2) is 8.91. The van der Waals surface area contributed by atoms with Gasteiger partial charge in [0.2, 0.25) is 0 Å². The van der Waals surface area contributed by atoms with Crippen molar-refractivity contribution in [3.05, 3.63) is 42.2 Å². The van der Waals surface area contributed by atoms with Crippen molar-refractivity contribution in [1.29, 1.82) is 0 Å². The number of benzene rings is 1. The molecule has 1 aromatic rings. The number of halogens is 1. The quantitative estimate of drug-likeness (QED) is 0.587. The molecule has 0 bridgehead atoms. The van der Waals surface area contributed by atoms with Crippen molar-refractivity contribution < 1.29 is 9.13 Å². The van der Waals surface area contributed by atoms with Crippen LogP contribution in [0.25, 0.3) is 0 Å². The molecule has 1 N–H and O–H groups in total. The van der Waals surface area contributed by atoms with E-state index >= 15 is 0 Å². The van der Waals surface area contributed by atoms with Crippen LogP contribution in [0.5, 0.6) is 5.75 Å². The van der Waals surface area contributed by atoms with Crippen LogP contribution >= 0.6 is 0 Å².